The zero-order chi connectivity index (χ0) is 59.1. The summed E-state index contributed by atoms with van der Waals surface area (Å²) in [5.41, 5.74) is 11.9. The van der Waals surface area contributed by atoms with Crippen molar-refractivity contribution in [1.82, 2.24) is 4.72 Å². The number of hydrogen-bond acceptors (Lipinski definition) is 35. The first-order valence-corrected chi connectivity index (χ1v) is 28.1. The van der Waals surface area contributed by atoms with Crippen LogP contribution in [0.4, 0.5) is 0 Å². The van der Waals surface area contributed by atoms with E-state index in [2.05, 4.69) is 16.7 Å². The van der Waals surface area contributed by atoms with Crippen LogP contribution in [0, 0.1) is 0 Å². The maximum atomic E-state index is 12.7. The molecular formula is C30H51N3O40S5. The van der Waals surface area contributed by atoms with E-state index in [0.717, 1.165) is 0 Å². The fraction of sp³-hybridized carbons (Fsp3) is 0.933. The Morgan fingerprint density at radius 1 is 0.449 bits per heavy atom. The Balaban J connectivity index is 1.44. The Kier molecular flexibility index (Phi) is 21.7. The number of nitrogens with two attached hydrogens (primary N) is 2. The third-order valence-electron chi connectivity index (χ3n) is 11.5. The van der Waals surface area contributed by atoms with Crippen molar-refractivity contribution in [2.75, 3.05) is 19.8 Å². The van der Waals surface area contributed by atoms with Crippen molar-refractivity contribution in [2.45, 2.75) is 153 Å². The van der Waals surface area contributed by atoms with Gasteiger partial charge in [-0.3, -0.25) is 22.8 Å². The van der Waals surface area contributed by atoms with Crippen LogP contribution >= 0.6 is 0 Å². The quantitative estimate of drug-likeness (QED) is 0.0422. The van der Waals surface area contributed by atoms with Gasteiger partial charge in [0.15, 0.2) is 49.8 Å². The molecule has 0 aromatic carbocycles. The molecule has 0 spiro atoms. The summed E-state index contributed by atoms with van der Waals surface area (Å²) in [6.07, 6.45) is -55.9. The fourth-order valence-corrected chi connectivity index (χ4v) is 10.6. The number of carboxylic acids is 2. The van der Waals surface area contributed by atoms with Gasteiger partial charge in [0, 0.05) is 0 Å². The van der Waals surface area contributed by atoms with Gasteiger partial charge in [0.05, 0.1) is 31.9 Å². The largest absolute Gasteiger partial charge is 0.479 e. The minimum Gasteiger partial charge on any atom is -0.479 e. The molecule has 5 heterocycles. The second kappa shape index (κ2) is 25.6. The van der Waals surface area contributed by atoms with Crippen LogP contribution in [0.25, 0.3) is 0 Å². The average Bonchev–Trinajstić information content (AvgIpc) is 3.29. The summed E-state index contributed by atoms with van der Waals surface area (Å²) in [4.78, 5) is 25.3. The molecule has 0 amide bonds. The van der Waals surface area contributed by atoms with Gasteiger partial charge in [-0.1, -0.05) is 0 Å². The van der Waals surface area contributed by atoms with Crippen LogP contribution in [0.15, 0.2) is 0 Å². The second-order valence-corrected chi connectivity index (χ2v) is 22.3. The minimum absolute atomic E-state index is 1.27. The first-order chi connectivity index (χ1) is 35.6. The van der Waals surface area contributed by atoms with Crippen molar-refractivity contribution >= 4 is 63.8 Å². The molecule has 25 atom stereocenters. The van der Waals surface area contributed by atoms with E-state index in [9.17, 15) is 121 Å². The van der Waals surface area contributed by atoms with E-state index in [1.54, 1.807) is 0 Å². The lowest BCUT2D eigenvalue weighted by molar-refractivity contribution is -0.372. The zero-order valence-corrected chi connectivity index (χ0v) is 42.2. The van der Waals surface area contributed by atoms with E-state index in [-0.39, 0.29) is 0 Å². The highest BCUT2D eigenvalue weighted by Gasteiger charge is 2.60. The third kappa shape index (κ3) is 16.8. The first kappa shape index (κ1) is 66.3. The molecule has 5 aliphatic heterocycles. The fourth-order valence-electron chi connectivity index (χ4n) is 8.22. The zero-order valence-electron chi connectivity index (χ0n) is 38.2. The number of carbonyl (C=O) groups is 2. The highest BCUT2D eigenvalue weighted by molar-refractivity contribution is 7.83. The van der Waals surface area contributed by atoms with Crippen LogP contribution in [0.5, 0.6) is 0 Å². The van der Waals surface area contributed by atoms with Gasteiger partial charge in [0.1, 0.15) is 91.5 Å². The maximum absolute atomic E-state index is 12.7. The van der Waals surface area contributed by atoms with Gasteiger partial charge in [0.2, 0.25) is 0 Å². The summed E-state index contributed by atoms with van der Waals surface area (Å²) in [7, 11) is -28.1. The molecule has 0 aliphatic carbocycles. The lowest BCUT2D eigenvalue weighted by Crippen LogP contribution is -2.70. The monoisotopic (exact) mass is 1250 g/mol. The Bertz CT molecular complexity index is 2650. The SMILES string of the molecule is N[C@@H]1[C@@H](OS(=O)(=O)O)[C@H](O[C@@H]2O[C@@H](C(=O)O)[C@@H](O[C@H]3O[C@H](CO)[C@@H](O[C@@H]4O[C@H](C(=O)O)[C@@H](O[C@H]5O[C@H](COS(=O)(=O)O)[C@@H](O)[C@H](O)[C@H]5NS(=O)(=O)O)[C@H](O)[C@H]4O)[C@H](OS(=O)(=O)O)[C@H]3N)[C@H](O)[C@H]2OS(=O)(=O)O)[C@@H](CO)O[C@@H]1O. The van der Waals surface area contributed by atoms with Crippen molar-refractivity contribution in [1.29, 1.82) is 0 Å². The van der Waals surface area contributed by atoms with Crippen molar-refractivity contribution in [3.8, 4) is 0 Å². The number of carboxylic acid groups (broad SMARTS) is 2. The van der Waals surface area contributed by atoms with Crippen LogP contribution in [0.3, 0.4) is 0 Å². The first-order valence-electron chi connectivity index (χ1n) is 21.1. The van der Waals surface area contributed by atoms with E-state index < -0.39 is 237 Å². The Morgan fingerprint density at radius 2 is 0.872 bits per heavy atom. The normalized spacial score (nSPS) is 42.5. The molecule has 20 N–H and O–H groups in total. The molecule has 0 unspecified atom stereocenters. The van der Waals surface area contributed by atoms with Crippen LogP contribution in [0.1, 0.15) is 0 Å². The predicted octanol–water partition coefficient (Wildman–Crippen LogP) is -13.1. The van der Waals surface area contributed by atoms with Crippen molar-refractivity contribution in [2.24, 2.45) is 11.5 Å². The van der Waals surface area contributed by atoms with E-state index in [4.69, 9.17) is 58.7 Å². The predicted molar refractivity (Wildman–Crippen MR) is 226 cm³/mol. The molecule has 0 aromatic rings. The van der Waals surface area contributed by atoms with Crippen molar-refractivity contribution in [3.05, 3.63) is 0 Å². The molecule has 0 aromatic heterocycles. The molecule has 48 heteroatoms. The van der Waals surface area contributed by atoms with Crippen LogP contribution in [-0.2, 0) is 121 Å². The Hall–Kier alpha value is -2.47. The van der Waals surface area contributed by atoms with Gasteiger partial charge in [-0.15, -0.1) is 0 Å². The second-order valence-electron chi connectivity index (χ2n) is 16.8. The minimum atomic E-state index is -5.87. The molecular weight excluding hydrogens is 1200 g/mol. The van der Waals surface area contributed by atoms with Crippen LogP contribution in [-0.4, -0.2) is 301 Å². The third-order valence-corrected chi connectivity index (χ3v) is 13.9. The summed E-state index contributed by atoms with van der Waals surface area (Å²) < 4.78 is 232. The molecule has 0 bridgehead atoms. The summed E-state index contributed by atoms with van der Waals surface area (Å²) in [6.45, 7) is -4.15. The van der Waals surface area contributed by atoms with Crippen molar-refractivity contribution < 1.29 is 185 Å². The molecule has 5 rings (SSSR count). The number of aliphatic hydroxyl groups excluding tert-OH is 8. The maximum Gasteiger partial charge on any atom is 0.397 e. The number of aliphatic carboxylic acids is 2. The topological polar surface area (TPSA) is 692 Å². The Morgan fingerprint density at radius 3 is 1.35 bits per heavy atom. The van der Waals surface area contributed by atoms with Crippen LogP contribution in [0.2, 0.25) is 0 Å². The van der Waals surface area contributed by atoms with Gasteiger partial charge in [-0.25, -0.2) is 26.3 Å². The summed E-state index contributed by atoms with van der Waals surface area (Å²) in [5.74, 6) is -4.42. The molecule has 0 saturated carbocycles. The molecule has 456 valence electrons. The number of ether oxygens (including phenoxy) is 9. The lowest BCUT2D eigenvalue weighted by atomic mass is 9.94. The summed E-state index contributed by atoms with van der Waals surface area (Å²) in [6, 6.07) is -6.93. The van der Waals surface area contributed by atoms with Gasteiger partial charge in [-0.2, -0.15) is 46.8 Å². The van der Waals surface area contributed by atoms with E-state index in [0.29, 0.717) is 0 Å². The van der Waals surface area contributed by atoms with E-state index in [1.807, 2.05) is 0 Å². The number of rotatable bonds is 23. The Labute approximate surface area is 436 Å². The molecule has 78 heavy (non-hydrogen) atoms. The number of aliphatic hydroxyl groups is 8. The molecule has 5 saturated heterocycles. The summed E-state index contributed by atoms with van der Waals surface area (Å²) in [5, 5.41) is 106. The van der Waals surface area contributed by atoms with Gasteiger partial charge in [-0.05, 0) is 0 Å². The number of nitrogens with one attached hydrogen (secondary N) is 1. The van der Waals surface area contributed by atoms with Crippen LogP contribution < -0.4 is 16.2 Å². The highest BCUT2D eigenvalue weighted by Crippen LogP contribution is 2.38. The van der Waals surface area contributed by atoms with Gasteiger partial charge in [0.25, 0.3) is 0 Å². The van der Waals surface area contributed by atoms with E-state index in [1.165, 1.54) is 4.72 Å². The molecule has 0 radical (unpaired) electrons. The summed E-state index contributed by atoms with van der Waals surface area (Å²) >= 11 is 0. The van der Waals surface area contributed by atoms with Crippen molar-refractivity contribution in [3.63, 3.8) is 0 Å². The smallest absolute Gasteiger partial charge is 0.397 e. The molecule has 5 fully saturated rings. The van der Waals surface area contributed by atoms with Gasteiger partial charge >= 0.3 is 63.8 Å². The van der Waals surface area contributed by atoms with Gasteiger partial charge < -0.3 is 105 Å². The highest BCUT2D eigenvalue weighted by atomic mass is 32.3. The van der Waals surface area contributed by atoms with E-state index >= 15 is 0 Å². The average molecular weight is 1250 g/mol. The lowest BCUT2D eigenvalue weighted by Gasteiger charge is -2.50. The molecule has 43 nitrogen and oxygen atoms in total. The standard InChI is InChI=1S/C30H51N3O40S5/c31-7-17(71-76(52,53)54)15(4(1-34)62-26(7)45)66-30-21(73-78(58,59)60)14(40)20(23(70-30)25(43)44)67-27-8(32)18(72-77(55,56)57)16(5(2-35)63-27)65-29-13(39)12(38)19(22(69-29)24(41)42)68-28-9(33-74(46,47)48)11(37)10(36)6(64-28)3-61-75(49,50)51/h4-23,26-30,33-40,45H,1-3,31-32H2,(H,41,42)(H,43,44)(H,46,47,48)(H,49,50,51)(H,52,53,54)(H,55,56,57)(H,58,59,60)/t4-,5-,6-,7-,8-,9-,10-,11-,12-,13-,14+,15-,16-,17-,18-,19+,20+,21-,22+,23-,26+,27-,28-,29-,30-/m1/s1. The number of hydrogen-bond donors (Lipinski definition) is 18. The molecule has 5 aliphatic rings.